The first-order valence-corrected chi connectivity index (χ1v) is 12.7. The molecule has 1 aromatic heterocycles. The van der Waals surface area contributed by atoms with Gasteiger partial charge in [0, 0.05) is 32.0 Å². The number of fused-ring (bicyclic) bond motifs is 1. The molecule has 5 rings (SSSR count). The van der Waals surface area contributed by atoms with Crippen molar-refractivity contribution in [2.75, 3.05) is 13.6 Å². The highest BCUT2D eigenvalue weighted by Crippen LogP contribution is 2.44. The molecule has 1 aliphatic heterocycles. The average Bonchev–Trinajstić information content (AvgIpc) is 3.36. The number of ether oxygens (including phenoxy) is 1. The van der Waals surface area contributed by atoms with Crippen LogP contribution < -0.4 is 10.3 Å². The van der Waals surface area contributed by atoms with Gasteiger partial charge in [0.15, 0.2) is 5.69 Å². The molecule has 1 amide bonds. The van der Waals surface area contributed by atoms with E-state index in [-0.39, 0.29) is 23.7 Å². The molecule has 0 bridgehead atoms. The van der Waals surface area contributed by atoms with Crippen LogP contribution >= 0.6 is 0 Å². The van der Waals surface area contributed by atoms with Gasteiger partial charge in [-0.15, -0.1) is 0 Å². The molecule has 0 radical (unpaired) electrons. The van der Waals surface area contributed by atoms with Gasteiger partial charge < -0.3 is 14.2 Å². The molecule has 2 heterocycles. The maximum Gasteiger partial charge on any atom is 0.316 e. The standard InChI is InChI=1S/C29H33N3O3/c1-3-21-12-9-13-23(18-21)29(14-7-8-15-29)19-24-30-27(33)26(35-20-22-10-5-4-6-11-22)25-28(34)31(2)16-17-32(24)25/h4-6,9-13,18H,3,7-8,14-17,19-20H2,1-2H3. The van der Waals surface area contributed by atoms with Gasteiger partial charge in [0.1, 0.15) is 12.4 Å². The number of aryl methyl sites for hydroxylation is 1. The summed E-state index contributed by atoms with van der Waals surface area (Å²) >= 11 is 0. The van der Waals surface area contributed by atoms with Gasteiger partial charge in [0.25, 0.3) is 5.91 Å². The molecule has 35 heavy (non-hydrogen) atoms. The lowest BCUT2D eigenvalue weighted by Gasteiger charge is -2.34. The van der Waals surface area contributed by atoms with Crippen molar-refractivity contribution in [3.05, 3.63) is 93.2 Å². The van der Waals surface area contributed by atoms with Crippen LogP contribution in [0.1, 0.15) is 65.6 Å². The number of carbonyl (C=O) groups is 1. The van der Waals surface area contributed by atoms with Crippen molar-refractivity contribution in [2.24, 2.45) is 0 Å². The van der Waals surface area contributed by atoms with Crippen molar-refractivity contribution in [1.29, 1.82) is 0 Å². The van der Waals surface area contributed by atoms with Crippen molar-refractivity contribution >= 4 is 5.91 Å². The lowest BCUT2D eigenvalue weighted by atomic mass is 9.75. The molecule has 6 nitrogen and oxygen atoms in total. The van der Waals surface area contributed by atoms with E-state index in [9.17, 15) is 9.59 Å². The minimum Gasteiger partial charge on any atom is -0.481 e. The third kappa shape index (κ3) is 4.49. The Morgan fingerprint density at radius 1 is 0.971 bits per heavy atom. The van der Waals surface area contributed by atoms with Crippen LogP contribution in [-0.2, 0) is 31.4 Å². The summed E-state index contributed by atoms with van der Waals surface area (Å²) in [5, 5.41) is 0. The molecule has 0 saturated heterocycles. The zero-order chi connectivity index (χ0) is 24.4. The van der Waals surface area contributed by atoms with E-state index < -0.39 is 5.56 Å². The van der Waals surface area contributed by atoms with Gasteiger partial charge in [-0.3, -0.25) is 9.59 Å². The van der Waals surface area contributed by atoms with Crippen LogP contribution in [0.5, 0.6) is 5.75 Å². The van der Waals surface area contributed by atoms with Gasteiger partial charge in [-0.25, -0.2) is 0 Å². The second-order valence-electron chi connectivity index (χ2n) is 9.88. The fourth-order valence-corrected chi connectivity index (χ4v) is 5.60. The number of benzene rings is 2. The van der Waals surface area contributed by atoms with E-state index in [1.807, 2.05) is 34.9 Å². The first kappa shape index (κ1) is 23.3. The normalized spacial score (nSPS) is 16.9. The van der Waals surface area contributed by atoms with Gasteiger partial charge in [-0.1, -0.05) is 74.4 Å². The topological polar surface area (TPSA) is 64.4 Å². The average molecular weight is 472 g/mol. The van der Waals surface area contributed by atoms with Crippen LogP contribution in [0.25, 0.3) is 0 Å². The molecule has 0 spiro atoms. The molecule has 2 aromatic carbocycles. The molecule has 0 N–H and O–H groups in total. The summed E-state index contributed by atoms with van der Waals surface area (Å²) in [5.74, 6) is 0.568. The number of amides is 1. The Morgan fingerprint density at radius 3 is 2.46 bits per heavy atom. The number of likely N-dealkylation sites (N-methyl/N-ethyl adjacent to an activating group) is 1. The summed E-state index contributed by atoms with van der Waals surface area (Å²) in [6.07, 6.45) is 6.08. The van der Waals surface area contributed by atoms with Crippen LogP contribution in [0.3, 0.4) is 0 Å². The molecule has 1 saturated carbocycles. The second-order valence-corrected chi connectivity index (χ2v) is 9.88. The molecule has 182 valence electrons. The summed E-state index contributed by atoms with van der Waals surface area (Å²) in [7, 11) is 1.77. The van der Waals surface area contributed by atoms with Crippen molar-refractivity contribution in [2.45, 2.75) is 64.0 Å². The quantitative estimate of drug-likeness (QED) is 0.508. The molecule has 3 aromatic rings. The third-order valence-electron chi connectivity index (χ3n) is 7.66. The lowest BCUT2D eigenvalue weighted by Crippen LogP contribution is -2.42. The molecule has 0 unspecified atom stereocenters. The molecule has 2 aliphatic rings. The van der Waals surface area contributed by atoms with Crippen LogP contribution in [0.2, 0.25) is 0 Å². The monoisotopic (exact) mass is 471 g/mol. The number of rotatable bonds is 7. The first-order valence-electron chi connectivity index (χ1n) is 12.7. The summed E-state index contributed by atoms with van der Waals surface area (Å²) in [5.41, 5.74) is 3.39. The van der Waals surface area contributed by atoms with Gasteiger partial charge in [-0.2, -0.15) is 4.98 Å². The Bertz CT molecular complexity index is 1280. The fourth-order valence-electron chi connectivity index (χ4n) is 5.60. The Kier molecular flexibility index (Phi) is 6.46. The lowest BCUT2D eigenvalue weighted by molar-refractivity contribution is 0.0734. The van der Waals surface area contributed by atoms with Crippen molar-refractivity contribution in [3.63, 3.8) is 0 Å². The van der Waals surface area contributed by atoms with Gasteiger partial charge in [0.2, 0.25) is 5.75 Å². The number of hydrogen-bond donors (Lipinski definition) is 0. The summed E-state index contributed by atoms with van der Waals surface area (Å²) in [4.78, 5) is 32.8. The third-order valence-corrected chi connectivity index (χ3v) is 7.66. The predicted molar refractivity (Wildman–Crippen MR) is 136 cm³/mol. The van der Waals surface area contributed by atoms with E-state index in [2.05, 4.69) is 36.2 Å². The van der Waals surface area contributed by atoms with E-state index in [1.54, 1.807) is 11.9 Å². The van der Waals surface area contributed by atoms with Gasteiger partial charge >= 0.3 is 5.56 Å². The molecule has 1 aliphatic carbocycles. The van der Waals surface area contributed by atoms with Crippen molar-refractivity contribution in [1.82, 2.24) is 14.5 Å². The Balaban J connectivity index is 1.56. The molecule has 6 heteroatoms. The zero-order valence-corrected chi connectivity index (χ0v) is 20.6. The van der Waals surface area contributed by atoms with Crippen LogP contribution in [0.15, 0.2) is 59.4 Å². The molecule has 1 fully saturated rings. The highest BCUT2D eigenvalue weighted by molar-refractivity contribution is 5.95. The van der Waals surface area contributed by atoms with Crippen molar-refractivity contribution in [3.8, 4) is 5.75 Å². The van der Waals surface area contributed by atoms with Crippen LogP contribution in [-0.4, -0.2) is 34.0 Å². The van der Waals surface area contributed by atoms with Crippen molar-refractivity contribution < 1.29 is 9.53 Å². The summed E-state index contributed by atoms with van der Waals surface area (Å²) in [6.45, 7) is 3.58. The number of carbonyl (C=O) groups excluding carboxylic acids is 1. The highest BCUT2D eigenvalue weighted by Gasteiger charge is 2.39. The minimum absolute atomic E-state index is 0.0580. The number of nitrogens with zero attached hydrogens (tertiary/aromatic N) is 3. The predicted octanol–water partition coefficient (Wildman–Crippen LogP) is 4.52. The number of hydrogen-bond acceptors (Lipinski definition) is 4. The Hall–Kier alpha value is -3.41. The maximum absolute atomic E-state index is 13.3. The highest BCUT2D eigenvalue weighted by atomic mass is 16.5. The minimum atomic E-state index is -0.457. The molecule has 0 atom stereocenters. The Morgan fingerprint density at radius 2 is 1.71 bits per heavy atom. The van der Waals surface area contributed by atoms with Gasteiger partial charge in [0.05, 0.1) is 0 Å². The fraction of sp³-hybridized carbons (Fsp3) is 0.414. The van der Waals surface area contributed by atoms with E-state index in [4.69, 9.17) is 4.74 Å². The zero-order valence-electron chi connectivity index (χ0n) is 20.6. The summed E-state index contributed by atoms with van der Waals surface area (Å²) < 4.78 is 7.91. The molecular formula is C29H33N3O3. The van der Waals surface area contributed by atoms with E-state index in [1.165, 1.54) is 11.1 Å². The first-order chi connectivity index (χ1) is 17.0. The Labute approximate surface area is 206 Å². The van der Waals surface area contributed by atoms with Crippen LogP contribution in [0.4, 0.5) is 0 Å². The van der Waals surface area contributed by atoms with E-state index in [0.29, 0.717) is 31.0 Å². The maximum atomic E-state index is 13.3. The van der Waals surface area contributed by atoms with E-state index in [0.717, 1.165) is 37.7 Å². The molecular weight excluding hydrogens is 438 g/mol. The number of aromatic nitrogens is 2. The summed E-state index contributed by atoms with van der Waals surface area (Å²) in [6, 6.07) is 18.5. The SMILES string of the molecule is CCc1cccc(C2(Cc3nc(=O)c(OCc4ccccc4)c4n3CCN(C)C4=O)CCCC2)c1. The smallest absolute Gasteiger partial charge is 0.316 e. The largest absolute Gasteiger partial charge is 0.481 e. The second kappa shape index (κ2) is 9.68. The van der Waals surface area contributed by atoms with Gasteiger partial charge in [-0.05, 0) is 36.0 Å². The van der Waals surface area contributed by atoms with Crippen LogP contribution in [0, 0.1) is 0 Å². The van der Waals surface area contributed by atoms with E-state index >= 15 is 0 Å².